The smallest absolute Gasteiger partial charge is 0.123 e. The van der Waals surface area contributed by atoms with Gasteiger partial charge in [-0.1, -0.05) is 0 Å². The van der Waals surface area contributed by atoms with Crippen molar-refractivity contribution in [3.8, 4) is 5.75 Å². The fourth-order valence-corrected chi connectivity index (χ4v) is 3.58. The third-order valence-corrected chi connectivity index (χ3v) is 4.50. The number of piperidine rings is 1. The largest absolute Gasteiger partial charge is 0.494 e. The first-order chi connectivity index (χ1) is 9.72. The van der Waals surface area contributed by atoms with Crippen molar-refractivity contribution < 1.29 is 14.2 Å². The van der Waals surface area contributed by atoms with Crippen molar-refractivity contribution in [3.63, 3.8) is 0 Å². The fraction of sp³-hybridized carbons (Fsp3) is 0.625. The molecule has 1 N–H and O–H groups in total. The van der Waals surface area contributed by atoms with E-state index in [1.54, 1.807) is 12.1 Å². The Kier molecular flexibility index (Phi) is 4.22. The maximum absolute atomic E-state index is 12.8. The molecule has 0 aromatic heterocycles. The van der Waals surface area contributed by atoms with Crippen molar-refractivity contribution in [1.82, 2.24) is 4.90 Å². The number of aliphatic hydroxyl groups excluding tert-OH is 1. The van der Waals surface area contributed by atoms with Gasteiger partial charge in [0.05, 0.1) is 12.7 Å². The molecule has 110 valence electrons. The summed E-state index contributed by atoms with van der Waals surface area (Å²) in [4.78, 5) is 2.54. The summed E-state index contributed by atoms with van der Waals surface area (Å²) in [5.74, 6) is 0.490. The molecular formula is C16H22FNO2. The van der Waals surface area contributed by atoms with Gasteiger partial charge in [-0.3, -0.25) is 4.90 Å². The number of aliphatic hydroxyl groups is 1. The summed E-state index contributed by atoms with van der Waals surface area (Å²) in [6, 6.07) is 7.29. The van der Waals surface area contributed by atoms with Gasteiger partial charge in [0.15, 0.2) is 0 Å². The lowest BCUT2D eigenvalue weighted by molar-refractivity contribution is 0.0331. The predicted molar refractivity (Wildman–Crippen MR) is 75.3 cm³/mol. The minimum atomic E-state index is -0.235. The van der Waals surface area contributed by atoms with Crippen molar-refractivity contribution in [2.24, 2.45) is 0 Å². The molecule has 2 aliphatic heterocycles. The highest BCUT2D eigenvalue weighted by atomic mass is 19.1. The molecule has 0 aliphatic carbocycles. The molecule has 2 bridgehead atoms. The highest BCUT2D eigenvalue weighted by molar-refractivity contribution is 5.21. The second-order valence-electron chi connectivity index (χ2n) is 5.90. The van der Waals surface area contributed by atoms with E-state index in [1.807, 2.05) is 0 Å². The molecule has 1 aromatic carbocycles. The van der Waals surface area contributed by atoms with E-state index in [9.17, 15) is 9.50 Å². The molecule has 2 saturated heterocycles. The standard InChI is InChI=1S/C16H22FNO2/c17-12-2-6-16(7-3-12)20-9-1-8-18-13-4-5-14(18)11-15(19)10-13/h2-3,6-7,13-15,19H,1,4-5,8-11H2. The van der Waals surface area contributed by atoms with E-state index >= 15 is 0 Å². The summed E-state index contributed by atoms with van der Waals surface area (Å²) in [6.45, 7) is 1.69. The minimum Gasteiger partial charge on any atom is -0.494 e. The maximum Gasteiger partial charge on any atom is 0.123 e. The zero-order valence-electron chi connectivity index (χ0n) is 11.7. The Morgan fingerprint density at radius 3 is 2.45 bits per heavy atom. The Bertz CT molecular complexity index is 423. The molecule has 1 aromatic rings. The zero-order chi connectivity index (χ0) is 13.9. The summed E-state index contributed by atoms with van der Waals surface area (Å²) >= 11 is 0. The molecule has 2 heterocycles. The van der Waals surface area contributed by atoms with E-state index in [0.717, 1.165) is 31.6 Å². The number of benzene rings is 1. The van der Waals surface area contributed by atoms with Gasteiger partial charge in [0, 0.05) is 18.6 Å². The van der Waals surface area contributed by atoms with Gasteiger partial charge in [-0.05, 0) is 56.4 Å². The van der Waals surface area contributed by atoms with E-state index < -0.39 is 0 Å². The molecule has 20 heavy (non-hydrogen) atoms. The molecule has 2 aliphatic rings. The summed E-state index contributed by atoms with van der Waals surface area (Å²) < 4.78 is 18.4. The van der Waals surface area contributed by atoms with Crippen LogP contribution in [0.4, 0.5) is 4.39 Å². The summed E-state index contributed by atoms with van der Waals surface area (Å²) in [7, 11) is 0. The first-order valence-corrected chi connectivity index (χ1v) is 7.54. The number of ether oxygens (including phenoxy) is 1. The van der Waals surface area contributed by atoms with Gasteiger partial charge in [-0.25, -0.2) is 4.39 Å². The van der Waals surface area contributed by atoms with E-state index in [4.69, 9.17) is 4.74 Å². The highest BCUT2D eigenvalue weighted by Crippen LogP contribution is 2.35. The second-order valence-corrected chi connectivity index (χ2v) is 5.90. The van der Waals surface area contributed by atoms with Gasteiger partial charge >= 0.3 is 0 Å². The fourth-order valence-electron chi connectivity index (χ4n) is 3.58. The first kappa shape index (κ1) is 13.8. The minimum absolute atomic E-state index is 0.0979. The lowest BCUT2D eigenvalue weighted by atomic mass is 10.00. The molecular weight excluding hydrogens is 257 g/mol. The molecule has 2 atom stereocenters. The quantitative estimate of drug-likeness (QED) is 0.841. The van der Waals surface area contributed by atoms with Crippen LogP contribution in [0.5, 0.6) is 5.75 Å². The number of halogens is 1. The van der Waals surface area contributed by atoms with Crippen LogP contribution >= 0.6 is 0 Å². The Morgan fingerprint density at radius 1 is 1.15 bits per heavy atom. The van der Waals surface area contributed by atoms with Crippen LogP contribution in [0.25, 0.3) is 0 Å². The van der Waals surface area contributed by atoms with Gasteiger partial charge in [-0.2, -0.15) is 0 Å². The molecule has 2 fully saturated rings. The third-order valence-electron chi connectivity index (χ3n) is 4.50. The monoisotopic (exact) mass is 279 g/mol. The van der Waals surface area contributed by atoms with Gasteiger partial charge < -0.3 is 9.84 Å². The summed E-state index contributed by atoms with van der Waals surface area (Å²) in [5, 5.41) is 9.77. The molecule has 0 saturated carbocycles. The third kappa shape index (κ3) is 3.13. The average Bonchev–Trinajstić information content (AvgIpc) is 2.67. The maximum atomic E-state index is 12.8. The van der Waals surface area contributed by atoms with E-state index in [-0.39, 0.29) is 11.9 Å². The van der Waals surface area contributed by atoms with Crippen molar-refractivity contribution >= 4 is 0 Å². The van der Waals surface area contributed by atoms with Crippen LogP contribution in [0.15, 0.2) is 24.3 Å². The number of hydrogen-bond donors (Lipinski definition) is 1. The van der Waals surface area contributed by atoms with Crippen LogP contribution in [0, 0.1) is 5.82 Å². The van der Waals surface area contributed by atoms with Crippen molar-refractivity contribution in [2.75, 3.05) is 13.2 Å². The Balaban J connectivity index is 1.41. The van der Waals surface area contributed by atoms with E-state index in [0.29, 0.717) is 18.7 Å². The van der Waals surface area contributed by atoms with Gasteiger partial charge in [0.2, 0.25) is 0 Å². The normalized spacial score (nSPS) is 29.6. The number of rotatable bonds is 5. The topological polar surface area (TPSA) is 32.7 Å². The van der Waals surface area contributed by atoms with Crippen LogP contribution in [-0.4, -0.2) is 41.3 Å². The second kappa shape index (κ2) is 6.10. The molecule has 3 nitrogen and oxygen atoms in total. The van der Waals surface area contributed by atoms with Gasteiger partial charge in [-0.15, -0.1) is 0 Å². The lowest BCUT2D eigenvalue weighted by Crippen LogP contribution is -2.45. The number of nitrogens with zero attached hydrogens (tertiary/aromatic N) is 1. The van der Waals surface area contributed by atoms with Crippen LogP contribution in [0.3, 0.4) is 0 Å². The SMILES string of the molecule is OC1CC2CCC(C1)N2CCCOc1ccc(F)cc1. The molecule has 0 radical (unpaired) electrons. The zero-order valence-corrected chi connectivity index (χ0v) is 11.7. The lowest BCUT2D eigenvalue weighted by Gasteiger charge is -2.37. The predicted octanol–water partition coefficient (Wildman–Crippen LogP) is 2.58. The van der Waals surface area contributed by atoms with Crippen molar-refractivity contribution in [3.05, 3.63) is 30.1 Å². The Morgan fingerprint density at radius 2 is 1.80 bits per heavy atom. The summed E-state index contributed by atoms with van der Waals surface area (Å²) in [6.07, 6.45) is 5.17. The van der Waals surface area contributed by atoms with Crippen LogP contribution < -0.4 is 4.74 Å². The molecule has 0 spiro atoms. The molecule has 2 unspecified atom stereocenters. The molecule has 0 amide bonds. The van der Waals surface area contributed by atoms with Crippen LogP contribution in [0.2, 0.25) is 0 Å². The van der Waals surface area contributed by atoms with E-state index in [1.165, 1.54) is 25.0 Å². The van der Waals surface area contributed by atoms with Gasteiger partial charge in [0.1, 0.15) is 11.6 Å². The molecule has 3 rings (SSSR count). The summed E-state index contributed by atoms with van der Waals surface area (Å²) in [5.41, 5.74) is 0. The first-order valence-electron chi connectivity index (χ1n) is 7.54. The van der Waals surface area contributed by atoms with Gasteiger partial charge in [0.25, 0.3) is 0 Å². The number of fused-ring (bicyclic) bond motifs is 2. The highest BCUT2D eigenvalue weighted by Gasteiger charge is 2.39. The Hall–Kier alpha value is -1.13. The Labute approximate surface area is 119 Å². The average molecular weight is 279 g/mol. The molecule has 4 heteroatoms. The number of hydrogen-bond acceptors (Lipinski definition) is 3. The van der Waals surface area contributed by atoms with Crippen LogP contribution in [-0.2, 0) is 0 Å². The van der Waals surface area contributed by atoms with Crippen LogP contribution in [0.1, 0.15) is 32.1 Å². The van der Waals surface area contributed by atoms with Crippen molar-refractivity contribution in [1.29, 1.82) is 0 Å². The van der Waals surface area contributed by atoms with E-state index in [2.05, 4.69) is 4.90 Å². The van der Waals surface area contributed by atoms with Crippen molar-refractivity contribution in [2.45, 2.75) is 50.3 Å².